The number of carbonyl (C=O) groups is 2. The lowest BCUT2D eigenvalue weighted by Gasteiger charge is -2.14. The van der Waals surface area contributed by atoms with Gasteiger partial charge in [0, 0.05) is 11.1 Å². The Morgan fingerprint density at radius 2 is 1.62 bits per heavy atom. The smallest absolute Gasteiger partial charge is 0.345 e. The number of Topliss-reactive ketones (excluding diaryl/α,β-unsaturated/α-hetero) is 1. The van der Waals surface area contributed by atoms with Crippen LogP contribution in [0, 0.1) is 6.92 Å². The van der Waals surface area contributed by atoms with Crippen LogP contribution in [-0.4, -0.2) is 33.1 Å². The van der Waals surface area contributed by atoms with Gasteiger partial charge in [0.2, 0.25) is 11.5 Å². The van der Waals surface area contributed by atoms with Crippen LogP contribution >= 0.6 is 11.6 Å². The summed E-state index contributed by atoms with van der Waals surface area (Å²) in [6.45, 7) is 1.71. The van der Waals surface area contributed by atoms with Crippen molar-refractivity contribution in [3.8, 4) is 28.7 Å². The molecule has 8 heteroatoms. The lowest BCUT2D eigenvalue weighted by molar-refractivity contribution is 0.0733. The Kier molecular flexibility index (Phi) is 6.47. The molecule has 1 aliphatic heterocycles. The Morgan fingerprint density at radius 3 is 2.29 bits per heavy atom. The third kappa shape index (κ3) is 4.06. The van der Waals surface area contributed by atoms with Crippen molar-refractivity contribution in [2.75, 3.05) is 21.3 Å². The van der Waals surface area contributed by atoms with E-state index >= 15 is 0 Å². The van der Waals surface area contributed by atoms with E-state index in [9.17, 15) is 9.59 Å². The Hall–Kier alpha value is -3.97. The number of halogens is 1. The highest BCUT2D eigenvalue weighted by Gasteiger charge is 2.31. The van der Waals surface area contributed by atoms with Gasteiger partial charge in [-0.25, -0.2) is 4.79 Å². The van der Waals surface area contributed by atoms with Gasteiger partial charge in [0.25, 0.3) is 0 Å². The maximum atomic E-state index is 13.0. The van der Waals surface area contributed by atoms with Crippen molar-refractivity contribution < 1.29 is 33.3 Å². The molecule has 3 aromatic rings. The van der Waals surface area contributed by atoms with Gasteiger partial charge in [0.05, 0.1) is 37.5 Å². The molecule has 0 N–H and O–H groups in total. The third-order valence-corrected chi connectivity index (χ3v) is 5.68. The summed E-state index contributed by atoms with van der Waals surface area (Å²) in [6, 6.07) is 13.2. The van der Waals surface area contributed by atoms with Gasteiger partial charge in [-0.1, -0.05) is 23.7 Å². The molecule has 0 atom stereocenters. The summed E-state index contributed by atoms with van der Waals surface area (Å²) in [5.74, 6) is 1.05. The van der Waals surface area contributed by atoms with Crippen molar-refractivity contribution >= 4 is 29.4 Å². The molecule has 1 aliphatic rings. The molecule has 0 unspecified atom stereocenters. The van der Waals surface area contributed by atoms with Gasteiger partial charge < -0.3 is 23.7 Å². The van der Waals surface area contributed by atoms with Crippen molar-refractivity contribution in [2.45, 2.75) is 6.92 Å². The highest BCUT2D eigenvalue weighted by Crippen LogP contribution is 2.43. The predicted molar refractivity (Wildman–Crippen MR) is 127 cm³/mol. The molecule has 1 heterocycles. The van der Waals surface area contributed by atoms with Crippen molar-refractivity contribution in [1.82, 2.24) is 0 Å². The molecule has 0 amide bonds. The maximum Gasteiger partial charge on any atom is 0.345 e. The van der Waals surface area contributed by atoms with Crippen molar-refractivity contribution in [2.24, 2.45) is 0 Å². The zero-order chi connectivity index (χ0) is 24.4. The second kappa shape index (κ2) is 9.49. The summed E-state index contributed by atoms with van der Waals surface area (Å²) in [5, 5.41) is 0.284. The number of ketones is 1. The molecule has 7 nitrogen and oxygen atoms in total. The van der Waals surface area contributed by atoms with Crippen LogP contribution in [0.25, 0.3) is 6.08 Å². The molecular weight excluding hydrogens is 460 g/mol. The second-order valence-electron chi connectivity index (χ2n) is 7.30. The highest BCUT2D eigenvalue weighted by atomic mass is 35.5. The molecule has 0 aromatic heterocycles. The molecular formula is C26H21ClO7. The number of ether oxygens (including phenoxy) is 5. The van der Waals surface area contributed by atoms with Crippen LogP contribution in [0.4, 0.5) is 0 Å². The lowest BCUT2D eigenvalue weighted by Crippen LogP contribution is -2.10. The summed E-state index contributed by atoms with van der Waals surface area (Å²) in [6.07, 6.45) is 1.57. The average molecular weight is 481 g/mol. The first-order chi connectivity index (χ1) is 16.4. The van der Waals surface area contributed by atoms with E-state index in [2.05, 4.69) is 0 Å². The first-order valence-electron chi connectivity index (χ1n) is 10.2. The number of rotatable bonds is 6. The van der Waals surface area contributed by atoms with Gasteiger partial charge in [-0.05, 0) is 49.4 Å². The Bertz CT molecular complexity index is 1330. The number of carbonyl (C=O) groups excluding carboxylic acids is 2. The highest BCUT2D eigenvalue weighted by molar-refractivity contribution is 6.33. The number of methoxy groups -OCH3 is 3. The molecule has 34 heavy (non-hydrogen) atoms. The van der Waals surface area contributed by atoms with Crippen LogP contribution in [-0.2, 0) is 0 Å². The fraction of sp³-hybridized carbons (Fsp3) is 0.154. The van der Waals surface area contributed by atoms with Gasteiger partial charge in [-0.15, -0.1) is 0 Å². The summed E-state index contributed by atoms with van der Waals surface area (Å²) in [7, 11) is 4.52. The van der Waals surface area contributed by atoms with E-state index < -0.39 is 5.97 Å². The van der Waals surface area contributed by atoms with E-state index in [1.165, 1.54) is 21.3 Å². The topological polar surface area (TPSA) is 80.3 Å². The standard InChI is InChI=1S/C26H21ClO7/c1-14-19(34-26(29)16-7-5-6-8-18(16)27)12-10-17-22(28)21(33-23(14)17)13-15-9-11-20(30-2)25(32-4)24(15)31-3/h5-13H,1-4H3/b21-13-. The fourth-order valence-corrected chi connectivity index (χ4v) is 3.85. The van der Waals surface area contributed by atoms with Crippen LogP contribution in [0.2, 0.25) is 5.02 Å². The fourth-order valence-electron chi connectivity index (χ4n) is 3.64. The minimum atomic E-state index is -0.608. The summed E-state index contributed by atoms with van der Waals surface area (Å²) >= 11 is 6.09. The molecule has 0 bridgehead atoms. The monoisotopic (exact) mass is 480 g/mol. The van der Waals surface area contributed by atoms with Gasteiger partial charge in [0.15, 0.2) is 17.3 Å². The summed E-state index contributed by atoms with van der Waals surface area (Å²) in [5.41, 5.74) is 1.68. The molecule has 0 radical (unpaired) electrons. The van der Waals surface area contributed by atoms with Gasteiger partial charge in [-0.3, -0.25) is 4.79 Å². The number of esters is 1. The molecule has 0 saturated heterocycles. The van der Waals surface area contributed by atoms with Crippen LogP contribution in [0.15, 0.2) is 54.3 Å². The lowest BCUT2D eigenvalue weighted by atomic mass is 10.1. The first-order valence-corrected chi connectivity index (χ1v) is 10.6. The normalized spacial score (nSPS) is 13.3. The molecule has 0 fully saturated rings. The van der Waals surface area contributed by atoms with E-state index in [0.717, 1.165) is 0 Å². The van der Waals surface area contributed by atoms with Crippen LogP contribution in [0.5, 0.6) is 28.7 Å². The van der Waals surface area contributed by atoms with Gasteiger partial charge in [0.1, 0.15) is 11.5 Å². The number of hydrogen-bond acceptors (Lipinski definition) is 7. The van der Waals surface area contributed by atoms with E-state index in [4.69, 9.17) is 35.3 Å². The van der Waals surface area contributed by atoms with Gasteiger partial charge in [-0.2, -0.15) is 0 Å². The molecule has 0 saturated carbocycles. The number of benzene rings is 3. The summed E-state index contributed by atoms with van der Waals surface area (Å²) in [4.78, 5) is 25.6. The molecule has 0 aliphatic carbocycles. The average Bonchev–Trinajstić information content (AvgIpc) is 3.16. The predicted octanol–water partition coefficient (Wildman–Crippen LogP) is 5.51. The van der Waals surface area contributed by atoms with Crippen LogP contribution in [0.3, 0.4) is 0 Å². The van der Waals surface area contributed by atoms with Crippen LogP contribution in [0.1, 0.15) is 31.8 Å². The Labute approximate surface area is 201 Å². The number of fused-ring (bicyclic) bond motifs is 1. The SMILES string of the molecule is COc1ccc(/C=C2\Oc3c(ccc(OC(=O)c4ccccc4Cl)c3C)C2=O)c(OC)c1OC. The largest absolute Gasteiger partial charge is 0.493 e. The number of allylic oxidation sites excluding steroid dienone is 1. The number of hydrogen-bond donors (Lipinski definition) is 0. The quantitative estimate of drug-likeness (QED) is 0.261. The third-order valence-electron chi connectivity index (χ3n) is 5.35. The second-order valence-corrected chi connectivity index (χ2v) is 7.71. The molecule has 4 rings (SSSR count). The minimum absolute atomic E-state index is 0.0956. The van der Waals surface area contributed by atoms with E-state index in [-0.39, 0.29) is 27.9 Å². The summed E-state index contributed by atoms with van der Waals surface area (Å²) < 4.78 is 27.6. The van der Waals surface area contributed by atoms with Crippen molar-refractivity contribution in [1.29, 1.82) is 0 Å². The van der Waals surface area contributed by atoms with Crippen molar-refractivity contribution in [3.63, 3.8) is 0 Å². The zero-order valence-electron chi connectivity index (χ0n) is 18.9. The Balaban J connectivity index is 1.67. The van der Waals surface area contributed by atoms with Crippen molar-refractivity contribution in [3.05, 3.63) is 81.6 Å². The van der Waals surface area contributed by atoms with Gasteiger partial charge >= 0.3 is 5.97 Å². The van der Waals surface area contributed by atoms with Crippen LogP contribution < -0.4 is 23.7 Å². The minimum Gasteiger partial charge on any atom is -0.493 e. The molecule has 0 spiro atoms. The molecule has 174 valence electrons. The maximum absolute atomic E-state index is 13.0. The zero-order valence-corrected chi connectivity index (χ0v) is 19.7. The Morgan fingerprint density at radius 1 is 0.912 bits per heavy atom. The van der Waals surface area contributed by atoms with E-state index in [1.807, 2.05) is 0 Å². The van der Waals surface area contributed by atoms with E-state index in [0.29, 0.717) is 39.7 Å². The molecule has 3 aromatic carbocycles. The first kappa shape index (κ1) is 23.2. The van der Waals surface area contributed by atoms with E-state index in [1.54, 1.807) is 61.5 Å².